The Hall–Kier alpha value is -1.79. The first-order valence-corrected chi connectivity index (χ1v) is 6.35. The molecule has 0 radical (unpaired) electrons. The number of methoxy groups -OCH3 is 2. The summed E-state index contributed by atoms with van der Waals surface area (Å²) >= 11 is 0. The quantitative estimate of drug-likeness (QED) is 0.665. The number of hydrogen-bond acceptors (Lipinski definition) is 5. The van der Waals surface area contributed by atoms with Gasteiger partial charge in [0, 0.05) is 25.8 Å². The number of ether oxygens (including phenoxy) is 3. The number of carboxylic acid groups (broad SMARTS) is 1. The van der Waals surface area contributed by atoms with Crippen LogP contribution in [0, 0.1) is 0 Å². The Balaban J connectivity index is 2.83. The van der Waals surface area contributed by atoms with E-state index in [1.54, 1.807) is 13.2 Å². The summed E-state index contributed by atoms with van der Waals surface area (Å²) < 4.78 is 15.7. The number of benzene rings is 1. The van der Waals surface area contributed by atoms with Gasteiger partial charge >= 0.3 is 5.97 Å². The second kappa shape index (κ2) is 8.39. The summed E-state index contributed by atoms with van der Waals surface area (Å²) in [7, 11) is 3.16. The minimum Gasteiger partial charge on any atom is -0.493 e. The average Bonchev–Trinajstić information content (AvgIpc) is 2.44. The molecule has 112 valence electrons. The molecule has 1 aromatic carbocycles. The summed E-state index contributed by atoms with van der Waals surface area (Å²) in [5, 5.41) is 12.1. The lowest BCUT2D eigenvalue weighted by atomic mass is 10.1. The minimum atomic E-state index is -1.02. The van der Waals surface area contributed by atoms with Crippen molar-refractivity contribution in [2.45, 2.75) is 19.6 Å². The molecule has 0 aliphatic heterocycles. The van der Waals surface area contributed by atoms with Crippen LogP contribution in [0.1, 0.15) is 12.5 Å². The molecule has 1 unspecified atom stereocenters. The molecule has 0 fully saturated rings. The van der Waals surface area contributed by atoms with Crippen LogP contribution < -0.4 is 14.8 Å². The van der Waals surface area contributed by atoms with E-state index in [1.807, 2.05) is 12.1 Å². The van der Waals surface area contributed by atoms with E-state index in [4.69, 9.17) is 19.3 Å². The third-order valence-electron chi connectivity index (χ3n) is 2.72. The van der Waals surface area contributed by atoms with Crippen molar-refractivity contribution in [3.8, 4) is 11.5 Å². The lowest BCUT2D eigenvalue weighted by Gasteiger charge is -2.17. The zero-order valence-corrected chi connectivity index (χ0v) is 12.0. The minimum absolute atomic E-state index is 0.454. The number of carboxylic acids is 1. The highest BCUT2D eigenvalue weighted by Gasteiger charge is 2.18. The van der Waals surface area contributed by atoms with Gasteiger partial charge in [-0.05, 0) is 13.0 Å². The largest absolute Gasteiger partial charge is 0.493 e. The third-order valence-corrected chi connectivity index (χ3v) is 2.72. The van der Waals surface area contributed by atoms with Crippen LogP contribution in [0.25, 0.3) is 0 Å². The molecule has 1 rings (SSSR count). The van der Waals surface area contributed by atoms with Crippen LogP contribution in [0.3, 0.4) is 0 Å². The van der Waals surface area contributed by atoms with E-state index >= 15 is 0 Å². The van der Waals surface area contributed by atoms with Gasteiger partial charge in [0.1, 0.15) is 0 Å². The number of para-hydroxylation sites is 1. The molecule has 6 heteroatoms. The average molecular weight is 283 g/mol. The van der Waals surface area contributed by atoms with Crippen LogP contribution in [0.15, 0.2) is 18.2 Å². The highest BCUT2D eigenvalue weighted by atomic mass is 16.5. The maximum Gasteiger partial charge on any atom is 0.344 e. The maximum absolute atomic E-state index is 10.9. The lowest BCUT2D eigenvalue weighted by molar-refractivity contribution is -0.144. The van der Waals surface area contributed by atoms with Gasteiger partial charge in [-0.2, -0.15) is 0 Å². The number of hydrogen-bond donors (Lipinski definition) is 2. The molecule has 0 aromatic heterocycles. The normalized spacial score (nSPS) is 11.9. The van der Waals surface area contributed by atoms with Gasteiger partial charge in [0.15, 0.2) is 17.6 Å². The molecule has 0 aliphatic rings. The smallest absolute Gasteiger partial charge is 0.344 e. The number of nitrogens with one attached hydrogen (secondary N) is 1. The maximum atomic E-state index is 10.9. The summed E-state index contributed by atoms with van der Waals surface area (Å²) in [5.41, 5.74) is 0.841. The second-order valence-electron chi connectivity index (χ2n) is 4.22. The molecular formula is C14H21NO5. The Bertz CT molecular complexity index is 436. The first kappa shape index (κ1) is 16.3. The predicted octanol–water partition coefficient (Wildman–Crippen LogP) is 1.28. The van der Waals surface area contributed by atoms with Crippen molar-refractivity contribution < 1.29 is 24.1 Å². The molecule has 0 aliphatic carbocycles. The van der Waals surface area contributed by atoms with Gasteiger partial charge in [0.2, 0.25) is 0 Å². The van der Waals surface area contributed by atoms with Gasteiger partial charge in [0.05, 0.1) is 13.7 Å². The van der Waals surface area contributed by atoms with E-state index in [-0.39, 0.29) is 0 Å². The van der Waals surface area contributed by atoms with E-state index in [0.29, 0.717) is 31.2 Å². The van der Waals surface area contributed by atoms with Crippen molar-refractivity contribution in [3.05, 3.63) is 23.8 Å². The SMILES string of the molecule is COCCNCc1cccc(OC)c1OC(C)C(=O)O. The van der Waals surface area contributed by atoms with Gasteiger partial charge < -0.3 is 24.6 Å². The summed E-state index contributed by atoms with van der Waals surface area (Å²) in [6, 6.07) is 5.44. The summed E-state index contributed by atoms with van der Waals surface area (Å²) in [6.45, 7) is 3.33. The summed E-state index contributed by atoms with van der Waals surface area (Å²) in [5.74, 6) is -0.0480. The van der Waals surface area contributed by atoms with Crippen LogP contribution in [-0.4, -0.2) is 44.6 Å². The van der Waals surface area contributed by atoms with Crippen LogP contribution in [0.4, 0.5) is 0 Å². The molecule has 0 heterocycles. The molecule has 1 atom stereocenters. The van der Waals surface area contributed by atoms with Crippen molar-refractivity contribution in [2.75, 3.05) is 27.4 Å². The van der Waals surface area contributed by atoms with E-state index in [9.17, 15) is 4.79 Å². The summed E-state index contributed by atoms with van der Waals surface area (Å²) in [6.07, 6.45) is -0.941. The van der Waals surface area contributed by atoms with Crippen molar-refractivity contribution in [2.24, 2.45) is 0 Å². The van der Waals surface area contributed by atoms with Crippen molar-refractivity contribution >= 4 is 5.97 Å². The Kier molecular flexibility index (Phi) is 6.83. The van der Waals surface area contributed by atoms with Gasteiger partial charge in [-0.15, -0.1) is 0 Å². The van der Waals surface area contributed by atoms with Gasteiger partial charge in [-0.3, -0.25) is 0 Å². The topological polar surface area (TPSA) is 77.0 Å². The Morgan fingerprint density at radius 3 is 2.75 bits per heavy atom. The molecular weight excluding hydrogens is 262 g/mol. The van der Waals surface area contributed by atoms with Crippen LogP contribution in [0.2, 0.25) is 0 Å². The molecule has 20 heavy (non-hydrogen) atoms. The van der Waals surface area contributed by atoms with Gasteiger partial charge in [-0.1, -0.05) is 12.1 Å². The predicted molar refractivity (Wildman–Crippen MR) is 74.3 cm³/mol. The van der Waals surface area contributed by atoms with E-state index in [1.165, 1.54) is 14.0 Å². The number of carbonyl (C=O) groups is 1. The van der Waals surface area contributed by atoms with E-state index < -0.39 is 12.1 Å². The van der Waals surface area contributed by atoms with Crippen LogP contribution >= 0.6 is 0 Å². The van der Waals surface area contributed by atoms with Gasteiger partial charge in [-0.25, -0.2) is 4.79 Å². The monoisotopic (exact) mass is 283 g/mol. The molecule has 0 amide bonds. The Morgan fingerprint density at radius 1 is 1.40 bits per heavy atom. The van der Waals surface area contributed by atoms with Crippen molar-refractivity contribution in [1.82, 2.24) is 5.32 Å². The van der Waals surface area contributed by atoms with Gasteiger partial charge in [0.25, 0.3) is 0 Å². The molecule has 0 spiro atoms. The molecule has 2 N–H and O–H groups in total. The van der Waals surface area contributed by atoms with Crippen LogP contribution in [-0.2, 0) is 16.1 Å². The van der Waals surface area contributed by atoms with Crippen LogP contribution in [0.5, 0.6) is 11.5 Å². The Labute approximate surface area is 118 Å². The first-order valence-electron chi connectivity index (χ1n) is 6.35. The molecule has 0 saturated heterocycles. The fourth-order valence-electron chi connectivity index (χ4n) is 1.62. The zero-order valence-electron chi connectivity index (χ0n) is 12.0. The molecule has 0 saturated carbocycles. The third kappa shape index (κ3) is 4.71. The van der Waals surface area contributed by atoms with E-state index in [0.717, 1.165) is 5.56 Å². The number of rotatable bonds is 9. The van der Waals surface area contributed by atoms with Crippen molar-refractivity contribution in [3.63, 3.8) is 0 Å². The molecule has 6 nitrogen and oxygen atoms in total. The molecule has 0 bridgehead atoms. The fourth-order valence-corrected chi connectivity index (χ4v) is 1.62. The van der Waals surface area contributed by atoms with E-state index in [2.05, 4.69) is 5.32 Å². The summed E-state index contributed by atoms with van der Waals surface area (Å²) in [4.78, 5) is 10.9. The zero-order chi connectivity index (χ0) is 15.0. The van der Waals surface area contributed by atoms with Crippen molar-refractivity contribution in [1.29, 1.82) is 0 Å². The molecule has 1 aromatic rings. The first-order chi connectivity index (χ1) is 9.60. The lowest BCUT2D eigenvalue weighted by Crippen LogP contribution is -2.25. The highest BCUT2D eigenvalue weighted by molar-refractivity contribution is 5.72. The second-order valence-corrected chi connectivity index (χ2v) is 4.22. The highest BCUT2D eigenvalue weighted by Crippen LogP contribution is 2.31. The standard InChI is InChI=1S/C14H21NO5/c1-10(14(16)17)20-13-11(9-15-7-8-18-2)5-4-6-12(13)19-3/h4-6,10,15H,7-9H2,1-3H3,(H,16,17). The Morgan fingerprint density at radius 2 is 2.15 bits per heavy atom. The fraction of sp³-hybridized carbons (Fsp3) is 0.500. The number of aliphatic carboxylic acids is 1.